The molecule has 8 heteroatoms. The van der Waals surface area contributed by atoms with E-state index in [-0.39, 0.29) is 30.5 Å². The van der Waals surface area contributed by atoms with Crippen LogP contribution < -0.4 is 10.0 Å². The average Bonchev–Trinajstić information content (AvgIpc) is 3.09. The third-order valence-corrected chi connectivity index (χ3v) is 6.15. The molecular weight excluding hydrogens is 402 g/mol. The number of carbonyl (C=O) groups excluding carboxylic acids is 2. The van der Waals surface area contributed by atoms with Crippen molar-refractivity contribution in [2.75, 3.05) is 18.4 Å². The molecule has 2 amide bonds. The standard InChI is InChI=1S/C22H25N3O4S/c1-2-12-23-30(28,29)16-18-8-10-20(11-9-18)24-22(27)19-13-21(26)25(15-19)14-17-6-4-3-5-7-17/h2-11,19,23H,1,12-16H2,(H,24,27). The minimum absolute atomic E-state index is 0.0356. The highest BCUT2D eigenvalue weighted by atomic mass is 32.2. The summed E-state index contributed by atoms with van der Waals surface area (Å²) in [4.78, 5) is 26.6. The van der Waals surface area contributed by atoms with E-state index in [1.807, 2.05) is 30.3 Å². The number of hydrogen-bond acceptors (Lipinski definition) is 4. The molecule has 1 aliphatic rings. The van der Waals surface area contributed by atoms with Crippen molar-refractivity contribution in [1.29, 1.82) is 0 Å². The van der Waals surface area contributed by atoms with E-state index in [0.717, 1.165) is 5.56 Å². The Kier molecular flexibility index (Phi) is 7.02. The van der Waals surface area contributed by atoms with E-state index in [0.29, 0.717) is 24.3 Å². The van der Waals surface area contributed by atoms with Gasteiger partial charge in [-0.05, 0) is 23.3 Å². The molecular formula is C22H25N3O4S. The van der Waals surface area contributed by atoms with Crippen molar-refractivity contribution in [1.82, 2.24) is 9.62 Å². The van der Waals surface area contributed by atoms with Crippen LogP contribution in [-0.2, 0) is 31.9 Å². The molecule has 0 radical (unpaired) electrons. The molecule has 0 bridgehead atoms. The van der Waals surface area contributed by atoms with Gasteiger partial charge in [0.05, 0.1) is 11.7 Å². The predicted molar refractivity (Wildman–Crippen MR) is 116 cm³/mol. The van der Waals surface area contributed by atoms with Crippen molar-refractivity contribution < 1.29 is 18.0 Å². The second-order valence-electron chi connectivity index (χ2n) is 7.24. The lowest BCUT2D eigenvalue weighted by Crippen LogP contribution is -2.28. The molecule has 1 fully saturated rings. The first kappa shape index (κ1) is 21.7. The van der Waals surface area contributed by atoms with Crippen LogP contribution in [0.15, 0.2) is 67.3 Å². The van der Waals surface area contributed by atoms with Crippen molar-refractivity contribution in [2.45, 2.75) is 18.7 Å². The van der Waals surface area contributed by atoms with Crippen LogP contribution in [0.25, 0.3) is 0 Å². The fourth-order valence-electron chi connectivity index (χ4n) is 3.29. The molecule has 0 aliphatic carbocycles. The van der Waals surface area contributed by atoms with E-state index in [1.54, 1.807) is 29.2 Å². The zero-order valence-corrected chi connectivity index (χ0v) is 17.4. The van der Waals surface area contributed by atoms with Crippen molar-refractivity contribution in [3.8, 4) is 0 Å². The molecule has 2 aromatic rings. The van der Waals surface area contributed by atoms with Gasteiger partial charge in [0, 0.05) is 31.7 Å². The predicted octanol–water partition coefficient (Wildman–Crippen LogP) is 2.28. The summed E-state index contributed by atoms with van der Waals surface area (Å²) in [6, 6.07) is 16.3. The SMILES string of the molecule is C=CCNS(=O)(=O)Cc1ccc(NC(=O)C2CC(=O)N(Cc3ccccc3)C2)cc1. The van der Waals surface area contributed by atoms with Crippen molar-refractivity contribution in [3.63, 3.8) is 0 Å². The van der Waals surface area contributed by atoms with Gasteiger partial charge in [0.1, 0.15) is 0 Å². The number of anilines is 1. The monoisotopic (exact) mass is 427 g/mol. The van der Waals surface area contributed by atoms with E-state index < -0.39 is 15.9 Å². The zero-order valence-electron chi connectivity index (χ0n) is 16.6. The summed E-state index contributed by atoms with van der Waals surface area (Å²) >= 11 is 0. The number of hydrogen-bond donors (Lipinski definition) is 2. The lowest BCUT2D eigenvalue weighted by Gasteiger charge is -2.16. The maximum Gasteiger partial charge on any atom is 0.229 e. The van der Waals surface area contributed by atoms with E-state index in [9.17, 15) is 18.0 Å². The molecule has 3 rings (SSSR count). The van der Waals surface area contributed by atoms with Crippen LogP contribution in [-0.4, -0.2) is 38.2 Å². The van der Waals surface area contributed by atoms with Gasteiger partial charge in [0.25, 0.3) is 0 Å². The van der Waals surface area contributed by atoms with E-state index >= 15 is 0 Å². The number of rotatable bonds is 9. The molecule has 2 N–H and O–H groups in total. The Morgan fingerprint density at radius 1 is 1.10 bits per heavy atom. The van der Waals surface area contributed by atoms with Crippen molar-refractivity contribution >= 4 is 27.5 Å². The molecule has 1 unspecified atom stereocenters. The Hall–Kier alpha value is -2.97. The number of benzene rings is 2. The van der Waals surface area contributed by atoms with Gasteiger partial charge in [-0.2, -0.15) is 0 Å². The minimum Gasteiger partial charge on any atom is -0.338 e. The van der Waals surface area contributed by atoms with E-state index in [2.05, 4.69) is 16.6 Å². The lowest BCUT2D eigenvalue weighted by atomic mass is 10.1. The summed E-state index contributed by atoms with van der Waals surface area (Å²) in [5, 5.41) is 2.82. The molecule has 30 heavy (non-hydrogen) atoms. The first-order valence-corrected chi connectivity index (χ1v) is 11.3. The number of amides is 2. The van der Waals surface area contributed by atoms with E-state index in [4.69, 9.17) is 0 Å². The molecule has 0 spiro atoms. The summed E-state index contributed by atoms with van der Waals surface area (Å²) in [6.45, 7) is 4.53. The second-order valence-corrected chi connectivity index (χ2v) is 9.05. The van der Waals surface area contributed by atoms with Crippen LogP contribution in [0.2, 0.25) is 0 Å². The van der Waals surface area contributed by atoms with Crippen LogP contribution in [0, 0.1) is 5.92 Å². The van der Waals surface area contributed by atoms with Crippen LogP contribution >= 0.6 is 0 Å². The number of sulfonamides is 1. The summed E-state index contributed by atoms with van der Waals surface area (Å²) in [5.41, 5.74) is 2.20. The largest absolute Gasteiger partial charge is 0.338 e. The smallest absolute Gasteiger partial charge is 0.229 e. The van der Waals surface area contributed by atoms with Gasteiger partial charge in [0.15, 0.2) is 0 Å². The van der Waals surface area contributed by atoms with Gasteiger partial charge in [-0.1, -0.05) is 48.5 Å². The zero-order chi connectivity index (χ0) is 21.6. The van der Waals surface area contributed by atoms with Gasteiger partial charge < -0.3 is 10.2 Å². The third-order valence-electron chi connectivity index (χ3n) is 4.83. The van der Waals surface area contributed by atoms with Gasteiger partial charge >= 0.3 is 0 Å². The van der Waals surface area contributed by atoms with Crippen molar-refractivity contribution in [3.05, 3.63) is 78.4 Å². The van der Waals surface area contributed by atoms with Gasteiger partial charge in [-0.3, -0.25) is 9.59 Å². The summed E-state index contributed by atoms with van der Waals surface area (Å²) in [5.74, 6) is -0.816. The third kappa shape index (κ3) is 6.01. The second kappa shape index (κ2) is 9.69. The maximum atomic E-state index is 12.6. The topological polar surface area (TPSA) is 95.6 Å². The molecule has 158 valence electrons. The van der Waals surface area contributed by atoms with Gasteiger partial charge in [-0.15, -0.1) is 6.58 Å². The molecule has 1 atom stereocenters. The number of nitrogens with zero attached hydrogens (tertiary/aromatic N) is 1. The van der Waals surface area contributed by atoms with Gasteiger partial charge in [0.2, 0.25) is 21.8 Å². The Morgan fingerprint density at radius 3 is 2.47 bits per heavy atom. The quantitative estimate of drug-likeness (QED) is 0.600. The molecule has 1 aliphatic heterocycles. The highest BCUT2D eigenvalue weighted by Gasteiger charge is 2.34. The van der Waals surface area contributed by atoms with Crippen molar-refractivity contribution in [2.24, 2.45) is 5.92 Å². The molecule has 0 aromatic heterocycles. The van der Waals surface area contributed by atoms with Crippen LogP contribution in [0.1, 0.15) is 17.5 Å². The number of nitrogens with one attached hydrogen (secondary N) is 2. The summed E-state index contributed by atoms with van der Waals surface area (Å²) in [7, 11) is -3.44. The normalized spacial score (nSPS) is 16.5. The Morgan fingerprint density at radius 2 is 1.80 bits per heavy atom. The molecule has 0 saturated carbocycles. The Bertz CT molecular complexity index is 1000. The lowest BCUT2D eigenvalue weighted by molar-refractivity contribution is -0.128. The fourth-order valence-corrected chi connectivity index (χ4v) is 4.39. The summed E-state index contributed by atoms with van der Waals surface area (Å²) in [6.07, 6.45) is 1.66. The Balaban J connectivity index is 1.54. The number of carbonyl (C=O) groups is 2. The van der Waals surface area contributed by atoms with Gasteiger partial charge in [-0.25, -0.2) is 13.1 Å². The Labute approximate surface area is 176 Å². The van der Waals surface area contributed by atoms with Crippen LogP contribution in [0.3, 0.4) is 0 Å². The fraction of sp³-hybridized carbons (Fsp3) is 0.273. The minimum atomic E-state index is -3.44. The first-order valence-electron chi connectivity index (χ1n) is 9.66. The van der Waals surface area contributed by atoms with Crippen LogP contribution in [0.5, 0.6) is 0 Å². The molecule has 1 saturated heterocycles. The number of likely N-dealkylation sites (tertiary alicyclic amines) is 1. The van der Waals surface area contributed by atoms with Crippen LogP contribution in [0.4, 0.5) is 5.69 Å². The average molecular weight is 428 g/mol. The molecule has 2 aromatic carbocycles. The highest BCUT2D eigenvalue weighted by Crippen LogP contribution is 2.22. The molecule has 1 heterocycles. The maximum absolute atomic E-state index is 12.6. The molecule has 7 nitrogen and oxygen atoms in total. The van der Waals surface area contributed by atoms with E-state index in [1.165, 1.54) is 6.08 Å². The summed E-state index contributed by atoms with van der Waals surface area (Å²) < 4.78 is 26.3. The highest BCUT2D eigenvalue weighted by molar-refractivity contribution is 7.88. The first-order chi connectivity index (χ1) is 14.4.